The van der Waals surface area contributed by atoms with Crippen LogP contribution in [0.5, 0.6) is 5.75 Å². The molecule has 2 aliphatic carbocycles. The summed E-state index contributed by atoms with van der Waals surface area (Å²) >= 11 is 0. The lowest BCUT2D eigenvalue weighted by atomic mass is 9.99. The third-order valence-electron chi connectivity index (χ3n) is 7.61. The molecular weight excluding hydrogens is 520 g/mol. The van der Waals surface area contributed by atoms with Crippen molar-refractivity contribution in [3.05, 3.63) is 41.3 Å². The van der Waals surface area contributed by atoms with Crippen LogP contribution in [0, 0.1) is 12.8 Å². The number of hydrogen-bond acceptors (Lipinski definition) is 6. The maximum Gasteiger partial charge on any atom is 0.404 e. The van der Waals surface area contributed by atoms with Gasteiger partial charge in [0.15, 0.2) is 0 Å². The number of primary amides is 1. The normalized spacial score (nSPS) is 19.3. The number of nitrogens with two attached hydrogens (primary N) is 1. The van der Waals surface area contributed by atoms with Crippen LogP contribution in [0.4, 0.5) is 13.6 Å². The lowest BCUT2D eigenvalue weighted by Crippen LogP contribution is -2.51. The molecule has 0 radical (unpaired) electrons. The van der Waals surface area contributed by atoms with Gasteiger partial charge in [-0.2, -0.15) is 0 Å². The van der Waals surface area contributed by atoms with Gasteiger partial charge >= 0.3 is 6.09 Å². The molecule has 40 heavy (non-hydrogen) atoms. The van der Waals surface area contributed by atoms with Gasteiger partial charge in [-0.05, 0) is 77.5 Å². The lowest BCUT2D eigenvalue weighted by Gasteiger charge is -2.40. The third kappa shape index (κ3) is 5.59. The summed E-state index contributed by atoms with van der Waals surface area (Å²) in [4.78, 5) is 39.5. The fourth-order valence-electron chi connectivity index (χ4n) is 5.64. The fourth-order valence-corrected chi connectivity index (χ4v) is 5.64. The van der Waals surface area contributed by atoms with Crippen LogP contribution in [0.25, 0.3) is 22.3 Å². The standard InChI is InChI=1S/C29H35F2N5O4/c1-15-22(27(37)36(29(2,3)4)18-8-9-19(12-18)40-28(32)38)24-25(35-15)23(33-14-34-24)20-11-17(26(30)31)7-10-21(20)39-13-16-5-6-16/h7,10-11,14,16,18-19,26,35H,5-6,8-9,12-13H2,1-4H3,(H2,32,38)/t18-,19-/m0/s1. The molecular formula is C29H35F2N5O4. The molecule has 3 N–H and O–H groups in total. The van der Waals surface area contributed by atoms with E-state index < -0.39 is 18.1 Å². The SMILES string of the molecule is Cc1[nH]c2c(-c3cc(C(F)F)ccc3OCC3CC3)ncnc2c1C(=O)N([C@H]1CC[C@H](OC(N)=O)C1)C(C)(C)C. The number of benzene rings is 1. The molecule has 2 amide bonds. The number of halogens is 2. The van der Waals surface area contributed by atoms with Crippen molar-refractivity contribution in [3.63, 3.8) is 0 Å². The van der Waals surface area contributed by atoms with Crippen molar-refractivity contribution in [1.29, 1.82) is 0 Å². The Morgan fingerprint density at radius 3 is 2.58 bits per heavy atom. The summed E-state index contributed by atoms with van der Waals surface area (Å²) in [6.07, 6.45) is 1.42. The van der Waals surface area contributed by atoms with E-state index in [1.54, 1.807) is 13.0 Å². The average Bonchev–Trinajstić information content (AvgIpc) is 3.50. The number of carbonyl (C=O) groups is 2. The molecule has 2 aliphatic rings. The second-order valence-electron chi connectivity index (χ2n) is 11.8. The number of nitrogens with zero attached hydrogens (tertiary/aromatic N) is 3. The Hall–Kier alpha value is -3.76. The number of ether oxygens (including phenoxy) is 2. The molecule has 5 rings (SSSR count). The van der Waals surface area contributed by atoms with Gasteiger partial charge < -0.3 is 25.1 Å². The van der Waals surface area contributed by atoms with E-state index in [9.17, 15) is 18.4 Å². The third-order valence-corrected chi connectivity index (χ3v) is 7.61. The Bertz CT molecular complexity index is 1430. The first kappa shape index (κ1) is 27.8. The smallest absolute Gasteiger partial charge is 0.404 e. The summed E-state index contributed by atoms with van der Waals surface area (Å²) in [6.45, 7) is 8.16. The van der Waals surface area contributed by atoms with Crippen molar-refractivity contribution in [2.24, 2.45) is 11.7 Å². The minimum Gasteiger partial charge on any atom is -0.493 e. The van der Waals surface area contributed by atoms with Gasteiger partial charge in [0.05, 0.1) is 17.7 Å². The summed E-state index contributed by atoms with van der Waals surface area (Å²) in [5.74, 6) is 0.702. The molecule has 2 heterocycles. The molecule has 11 heteroatoms. The van der Waals surface area contributed by atoms with E-state index in [2.05, 4.69) is 15.0 Å². The number of aromatic nitrogens is 3. The van der Waals surface area contributed by atoms with Gasteiger partial charge in [0.2, 0.25) is 0 Å². The highest BCUT2D eigenvalue weighted by Gasteiger charge is 2.40. The van der Waals surface area contributed by atoms with E-state index in [1.807, 2.05) is 25.7 Å². The molecule has 2 atom stereocenters. The van der Waals surface area contributed by atoms with Crippen LogP contribution in [0.15, 0.2) is 24.5 Å². The monoisotopic (exact) mass is 555 g/mol. The average molecular weight is 556 g/mol. The molecule has 0 unspecified atom stereocenters. The van der Waals surface area contributed by atoms with Crippen molar-refractivity contribution in [2.75, 3.05) is 6.61 Å². The van der Waals surface area contributed by atoms with Crippen LogP contribution in [-0.2, 0) is 4.74 Å². The predicted octanol–water partition coefficient (Wildman–Crippen LogP) is 5.92. The Morgan fingerprint density at radius 1 is 1.18 bits per heavy atom. The molecule has 0 spiro atoms. The van der Waals surface area contributed by atoms with Crippen LogP contribution < -0.4 is 10.5 Å². The zero-order valence-corrected chi connectivity index (χ0v) is 23.2. The van der Waals surface area contributed by atoms with E-state index in [-0.39, 0.29) is 23.6 Å². The Balaban J connectivity index is 1.56. The van der Waals surface area contributed by atoms with Gasteiger partial charge in [-0.15, -0.1) is 0 Å². The van der Waals surface area contributed by atoms with Crippen LogP contribution >= 0.6 is 0 Å². The fraction of sp³-hybridized carbons (Fsp3) is 0.517. The van der Waals surface area contributed by atoms with Gasteiger partial charge in [-0.1, -0.05) is 0 Å². The lowest BCUT2D eigenvalue weighted by molar-refractivity contribution is 0.0414. The predicted molar refractivity (Wildman–Crippen MR) is 145 cm³/mol. The molecule has 2 fully saturated rings. The Labute approximate surface area is 231 Å². The number of hydrogen-bond donors (Lipinski definition) is 2. The zero-order valence-electron chi connectivity index (χ0n) is 23.2. The van der Waals surface area contributed by atoms with E-state index in [0.29, 0.717) is 71.1 Å². The number of aromatic amines is 1. The number of amides is 2. The first-order valence-electron chi connectivity index (χ1n) is 13.6. The molecule has 0 saturated heterocycles. The number of fused-ring (bicyclic) bond motifs is 1. The van der Waals surface area contributed by atoms with Crippen molar-refractivity contribution in [3.8, 4) is 17.0 Å². The van der Waals surface area contributed by atoms with Crippen molar-refractivity contribution >= 4 is 23.0 Å². The number of H-pyrrole nitrogens is 1. The Morgan fingerprint density at radius 2 is 1.93 bits per heavy atom. The van der Waals surface area contributed by atoms with E-state index in [0.717, 1.165) is 12.8 Å². The van der Waals surface area contributed by atoms with Crippen molar-refractivity contribution in [1.82, 2.24) is 19.9 Å². The number of nitrogens with one attached hydrogen (secondary N) is 1. The summed E-state index contributed by atoms with van der Waals surface area (Å²) in [5.41, 5.74) is 7.18. The van der Waals surface area contributed by atoms with Crippen LogP contribution in [0.3, 0.4) is 0 Å². The number of alkyl halides is 2. The van der Waals surface area contributed by atoms with Gasteiger partial charge in [0, 0.05) is 34.8 Å². The highest BCUT2D eigenvalue weighted by atomic mass is 19.3. The minimum atomic E-state index is -2.66. The summed E-state index contributed by atoms with van der Waals surface area (Å²) in [5, 5.41) is 0. The maximum atomic E-state index is 14.2. The second-order valence-corrected chi connectivity index (χ2v) is 11.8. The molecule has 2 saturated carbocycles. The molecule has 1 aromatic carbocycles. The van der Waals surface area contributed by atoms with E-state index in [4.69, 9.17) is 15.2 Å². The van der Waals surface area contributed by atoms with Gasteiger partial charge in [-0.3, -0.25) is 4.79 Å². The summed E-state index contributed by atoms with van der Waals surface area (Å²) in [7, 11) is 0. The number of aryl methyl sites for hydroxylation is 1. The largest absolute Gasteiger partial charge is 0.493 e. The van der Waals surface area contributed by atoms with Crippen LogP contribution in [-0.4, -0.2) is 56.1 Å². The van der Waals surface area contributed by atoms with Gasteiger partial charge in [0.1, 0.15) is 29.4 Å². The second kappa shape index (κ2) is 10.7. The van der Waals surface area contributed by atoms with E-state index >= 15 is 0 Å². The molecule has 3 aromatic rings. The zero-order chi connectivity index (χ0) is 28.8. The summed E-state index contributed by atoms with van der Waals surface area (Å²) in [6, 6.07) is 4.14. The van der Waals surface area contributed by atoms with Gasteiger partial charge in [0.25, 0.3) is 12.3 Å². The highest BCUT2D eigenvalue weighted by molar-refractivity contribution is 6.09. The maximum absolute atomic E-state index is 14.2. The molecule has 0 bridgehead atoms. The van der Waals surface area contributed by atoms with Crippen LogP contribution in [0.2, 0.25) is 0 Å². The Kier molecular flexibility index (Phi) is 7.41. The molecule has 9 nitrogen and oxygen atoms in total. The first-order valence-corrected chi connectivity index (χ1v) is 13.6. The van der Waals surface area contributed by atoms with E-state index in [1.165, 1.54) is 18.5 Å². The minimum absolute atomic E-state index is 0.145. The molecule has 2 aromatic heterocycles. The number of rotatable bonds is 8. The van der Waals surface area contributed by atoms with Crippen molar-refractivity contribution < 1.29 is 27.8 Å². The summed E-state index contributed by atoms with van der Waals surface area (Å²) < 4.78 is 38.6. The number of carbonyl (C=O) groups excluding carboxylic acids is 2. The quantitative estimate of drug-likeness (QED) is 0.356. The first-order chi connectivity index (χ1) is 18.9. The molecule has 0 aliphatic heterocycles. The topological polar surface area (TPSA) is 123 Å². The molecule has 214 valence electrons. The highest BCUT2D eigenvalue weighted by Crippen LogP contribution is 2.40. The van der Waals surface area contributed by atoms with Crippen molar-refractivity contribution in [2.45, 2.75) is 83.9 Å². The van der Waals surface area contributed by atoms with Crippen LogP contribution in [0.1, 0.15) is 80.9 Å². The van der Waals surface area contributed by atoms with Gasteiger partial charge in [-0.25, -0.2) is 23.5 Å².